The first kappa shape index (κ1) is 23.9. The summed E-state index contributed by atoms with van der Waals surface area (Å²) in [5.41, 5.74) is 1.87. The molecule has 1 N–H and O–H groups in total. The van der Waals surface area contributed by atoms with E-state index in [2.05, 4.69) is 10.3 Å². The van der Waals surface area contributed by atoms with E-state index in [0.717, 1.165) is 23.3 Å². The van der Waals surface area contributed by atoms with E-state index in [1.54, 1.807) is 14.2 Å². The monoisotopic (exact) mass is 478 g/mol. The molecule has 4 aromatic rings. The number of nitrogens with zero attached hydrogens (tertiary/aromatic N) is 1. The molecule has 8 heteroatoms. The van der Waals surface area contributed by atoms with Crippen LogP contribution in [0, 0.1) is 11.6 Å². The molecule has 0 radical (unpaired) electrons. The first-order chi connectivity index (χ1) is 17.0. The molecule has 0 saturated carbocycles. The van der Waals surface area contributed by atoms with Gasteiger partial charge in [-0.3, -0.25) is 4.79 Å². The molecule has 1 amide bonds. The number of oxazole rings is 1. The van der Waals surface area contributed by atoms with Crippen molar-refractivity contribution >= 4 is 5.91 Å². The van der Waals surface area contributed by atoms with Gasteiger partial charge in [0.1, 0.15) is 23.1 Å². The molecule has 0 unspecified atom stereocenters. The van der Waals surface area contributed by atoms with Gasteiger partial charge >= 0.3 is 0 Å². The highest BCUT2D eigenvalue weighted by molar-refractivity contribution is 5.77. The number of methoxy groups -OCH3 is 2. The van der Waals surface area contributed by atoms with Crippen LogP contribution < -0.4 is 14.8 Å². The molecule has 0 fully saturated rings. The lowest BCUT2D eigenvalue weighted by molar-refractivity contribution is -0.121. The van der Waals surface area contributed by atoms with Crippen LogP contribution in [0.25, 0.3) is 11.3 Å². The highest BCUT2D eigenvalue weighted by Gasteiger charge is 2.19. The molecule has 0 saturated heterocycles. The van der Waals surface area contributed by atoms with Crippen LogP contribution in [0.4, 0.5) is 8.78 Å². The molecule has 0 aliphatic rings. The summed E-state index contributed by atoms with van der Waals surface area (Å²) in [6.45, 7) is 0. The fourth-order valence-corrected chi connectivity index (χ4v) is 3.65. The third-order valence-electron chi connectivity index (χ3n) is 5.52. The number of nitrogens with one attached hydrogen (secondary N) is 1. The Labute approximate surface area is 201 Å². The summed E-state index contributed by atoms with van der Waals surface area (Å²) in [5.74, 6) is 0.251. The summed E-state index contributed by atoms with van der Waals surface area (Å²) < 4.78 is 43.2. The maximum atomic E-state index is 14.0. The van der Waals surface area contributed by atoms with Gasteiger partial charge in [-0.15, -0.1) is 0 Å². The smallest absolute Gasteiger partial charge is 0.221 e. The molecule has 4 rings (SSSR count). The number of halogens is 2. The third-order valence-corrected chi connectivity index (χ3v) is 5.52. The van der Waals surface area contributed by atoms with Crippen molar-refractivity contribution in [2.24, 2.45) is 0 Å². The Hall–Kier alpha value is -4.20. The van der Waals surface area contributed by atoms with Crippen molar-refractivity contribution in [3.8, 4) is 22.8 Å². The van der Waals surface area contributed by atoms with Crippen LogP contribution in [0.1, 0.15) is 29.5 Å². The highest BCUT2D eigenvalue weighted by atomic mass is 19.1. The van der Waals surface area contributed by atoms with E-state index in [0.29, 0.717) is 11.5 Å². The number of hydrogen-bond donors (Lipinski definition) is 1. The standard InChI is InChI=1S/C27H24F2N2O4/c1-33-20-8-3-17(4-9-20)27(18-5-10-21(34-2)11-6-18)31-25(32)13-14-26-30-16-24(35-26)22-12-7-19(28)15-23(22)29/h3-12,15-16,27H,13-14H2,1-2H3,(H,31,32). The topological polar surface area (TPSA) is 73.6 Å². The Balaban J connectivity index is 1.46. The predicted molar refractivity (Wildman–Crippen MR) is 126 cm³/mol. The Kier molecular flexibility index (Phi) is 7.40. The van der Waals surface area contributed by atoms with Crippen LogP contribution in [-0.4, -0.2) is 25.1 Å². The molecule has 35 heavy (non-hydrogen) atoms. The van der Waals surface area contributed by atoms with Crippen LogP contribution in [0.15, 0.2) is 77.3 Å². The largest absolute Gasteiger partial charge is 0.497 e. The zero-order valence-corrected chi connectivity index (χ0v) is 19.3. The van der Waals surface area contributed by atoms with Crippen LogP contribution in [-0.2, 0) is 11.2 Å². The van der Waals surface area contributed by atoms with E-state index in [9.17, 15) is 13.6 Å². The third kappa shape index (κ3) is 5.84. The van der Waals surface area contributed by atoms with Gasteiger partial charge in [0, 0.05) is 18.9 Å². The highest BCUT2D eigenvalue weighted by Crippen LogP contribution is 2.27. The molecule has 0 atom stereocenters. The minimum Gasteiger partial charge on any atom is -0.497 e. The van der Waals surface area contributed by atoms with E-state index < -0.39 is 17.7 Å². The van der Waals surface area contributed by atoms with E-state index in [-0.39, 0.29) is 36.0 Å². The lowest BCUT2D eigenvalue weighted by atomic mass is 9.98. The lowest BCUT2D eigenvalue weighted by Crippen LogP contribution is -2.29. The van der Waals surface area contributed by atoms with Crippen molar-refractivity contribution in [1.82, 2.24) is 10.3 Å². The van der Waals surface area contributed by atoms with E-state index in [4.69, 9.17) is 13.9 Å². The maximum absolute atomic E-state index is 14.0. The average Bonchev–Trinajstić information content (AvgIpc) is 3.35. The van der Waals surface area contributed by atoms with Gasteiger partial charge in [-0.25, -0.2) is 13.8 Å². The van der Waals surface area contributed by atoms with E-state index >= 15 is 0 Å². The molecule has 3 aromatic carbocycles. The summed E-state index contributed by atoms with van der Waals surface area (Å²) in [6, 6.07) is 17.7. The average molecular weight is 478 g/mol. The Bertz CT molecular complexity index is 1240. The summed E-state index contributed by atoms with van der Waals surface area (Å²) >= 11 is 0. The van der Waals surface area contributed by atoms with Crippen LogP contribution >= 0.6 is 0 Å². The van der Waals surface area contributed by atoms with Gasteiger partial charge in [-0.1, -0.05) is 24.3 Å². The molecule has 6 nitrogen and oxygen atoms in total. The molecule has 0 aliphatic carbocycles. The fourth-order valence-electron chi connectivity index (χ4n) is 3.65. The fraction of sp³-hybridized carbons (Fsp3) is 0.185. The second-order valence-electron chi connectivity index (χ2n) is 7.79. The second-order valence-corrected chi connectivity index (χ2v) is 7.79. The molecule has 180 valence electrons. The van der Waals surface area contributed by atoms with Gasteiger partial charge < -0.3 is 19.2 Å². The second kappa shape index (κ2) is 10.8. The molecular formula is C27H24F2N2O4. The van der Waals surface area contributed by atoms with Crippen LogP contribution in [0.2, 0.25) is 0 Å². The minimum absolute atomic E-state index is 0.105. The summed E-state index contributed by atoms with van der Waals surface area (Å²) in [4.78, 5) is 17.0. The lowest BCUT2D eigenvalue weighted by Gasteiger charge is -2.20. The zero-order valence-electron chi connectivity index (χ0n) is 19.3. The number of carbonyl (C=O) groups excluding carboxylic acids is 1. The van der Waals surface area contributed by atoms with Crippen molar-refractivity contribution < 1.29 is 27.5 Å². The number of aryl methyl sites for hydroxylation is 1. The zero-order chi connectivity index (χ0) is 24.8. The summed E-state index contributed by atoms with van der Waals surface area (Å²) in [6.07, 6.45) is 1.68. The van der Waals surface area contributed by atoms with Crippen LogP contribution in [0.3, 0.4) is 0 Å². The van der Waals surface area contributed by atoms with Gasteiger partial charge in [0.05, 0.1) is 32.0 Å². The van der Waals surface area contributed by atoms with E-state index in [1.165, 1.54) is 12.3 Å². The molecule has 1 aromatic heterocycles. The molecule has 0 bridgehead atoms. The number of rotatable bonds is 9. The maximum Gasteiger partial charge on any atom is 0.221 e. The normalized spacial score (nSPS) is 10.9. The van der Waals surface area contributed by atoms with Gasteiger partial charge in [0.2, 0.25) is 5.91 Å². The first-order valence-corrected chi connectivity index (χ1v) is 10.9. The van der Waals surface area contributed by atoms with Crippen LogP contribution in [0.5, 0.6) is 11.5 Å². The Morgan fingerprint density at radius 3 is 2.09 bits per heavy atom. The number of amides is 1. The number of hydrogen-bond acceptors (Lipinski definition) is 5. The first-order valence-electron chi connectivity index (χ1n) is 10.9. The van der Waals surface area contributed by atoms with Crippen molar-refractivity contribution in [3.05, 3.63) is 102 Å². The Morgan fingerprint density at radius 1 is 0.943 bits per heavy atom. The number of ether oxygens (including phenoxy) is 2. The van der Waals surface area contributed by atoms with Gasteiger partial charge in [0.25, 0.3) is 0 Å². The number of carbonyl (C=O) groups is 1. The van der Waals surface area contributed by atoms with Gasteiger partial charge in [-0.2, -0.15) is 0 Å². The van der Waals surface area contributed by atoms with Crippen molar-refractivity contribution in [3.63, 3.8) is 0 Å². The van der Waals surface area contributed by atoms with Gasteiger partial charge in [-0.05, 0) is 47.5 Å². The Morgan fingerprint density at radius 2 is 1.54 bits per heavy atom. The van der Waals surface area contributed by atoms with Crippen molar-refractivity contribution in [2.75, 3.05) is 14.2 Å². The molecular weight excluding hydrogens is 454 g/mol. The van der Waals surface area contributed by atoms with Crippen molar-refractivity contribution in [2.45, 2.75) is 18.9 Å². The predicted octanol–water partition coefficient (Wildman–Crippen LogP) is 5.48. The number of benzene rings is 3. The SMILES string of the molecule is COc1ccc(C(NC(=O)CCc2ncc(-c3ccc(F)cc3F)o2)c2ccc(OC)cc2)cc1. The molecule has 1 heterocycles. The minimum atomic E-state index is -0.743. The van der Waals surface area contributed by atoms with E-state index in [1.807, 2.05) is 48.5 Å². The molecule has 0 spiro atoms. The summed E-state index contributed by atoms with van der Waals surface area (Å²) in [5, 5.41) is 3.06. The van der Waals surface area contributed by atoms with Gasteiger partial charge in [0.15, 0.2) is 11.7 Å². The summed E-state index contributed by atoms with van der Waals surface area (Å²) in [7, 11) is 3.19. The molecule has 0 aliphatic heterocycles. The van der Waals surface area contributed by atoms with Crippen molar-refractivity contribution in [1.29, 1.82) is 0 Å². The number of aromatic nitrogens is 1. The quantitative estimate of drug-likeness (QED) is 0.345.